The zero-order valence-electron chi connectivity index (χ0n) is 14.9. The maximum Gasteiger partial charge on any atom is 0.337 e. The molecule has 0 saturated heterocycles. The highest BCUT2D eigenvalue weighted by Crippen LogP contribution is 2.22. The largest absolute Gasteiger partial charge is 0.465 e. The molecule has 0 aromatic carbocycles. The minimum atomic E-state index is -0.621. The minimum Gasteiger partial charge on any atom is -0.465 e. The van der Waals surface area contributed by atoms with Crippen LogP contribution < -0.4 is 0 Å². The van der Waals surface area contributed by atoms with E-state index in [-0.39, 0.29) is 35.6 Å². The van der Waals surface area contributed by atoms with Crippen LogP contribution in [-0.4, -0.2) is 36.1 Å². The normalized spacial score (nSPS) is 9.64. The summed E-state index contributed by atoms with van der Waals surface area (Å²) in [5.41, 5.74) is 18.4. The fraction of sp³-hybridized carbons (Fsp3) is 0.250. The zero-order chi connectivity index (χ0) is 20.5. The van der Waals surface area contributed by atoms with Gasteiger partial charge in [-0.25, -0.2) is 9.59 Å². The Labute approximate surface area is 158 Å². The third-order valence-electron chi connectivity index (χ3n) is 3.45. The van der Waals surface area contributed by atoms with Crippen LogP contribution in [0.1, 0.15) is 32.1 Å². The Morgan fingerprint density at radius 3 is 1.57 bits per heavy atom. The summed E-state index contributed by atoms with van der Waals surface area (Å²) in [5.74, 6) is -1.24. The fourth-order valence-electron chi connectivity index (χ4n) is 2.28. The van der Waals surface area contributed by atoms with Gasteiger partial charge < -0.3 is 9.47 Å². The lowest BCUT2D eigenvalue weighted by atomic mass is 10.1. The van der Waals surface area contributed by atoms with Crippen LogP contribution in [0.5, 0.6) is 0 Å². The average molecular weight is 382 g/mol. The molecule has 0 unspecified atom stereocenters. The van der Waals surface area contributed by atoms with Crippen LogP contribution in [-0.2, 0) is 22.6 Å². The van der Waals surface area contributed by atoms with Gasteiger partial charge in [-0.15, -0.1) is 0 Å². The zero-order valence-corrected chi connectivity index (χ0v) is 14.9. The van der Waals surface area contributed by atoms with Crippen LogP contribution in [0.15, 0.2) is 34.5 Å². The third kappa shape index (κ3) is 4.94. The van der Waals surface area contributed by atoms with Gasteiger partial charge in [-0.1, -0.05) is 10.2 Å². The number of aromatic nitrogens is 2. The highest BCUT2D eigenvalue weighted by atomic mass is 16.5. The standard InChI is InChI=1S/C16H14N8O4/c1-27-15(25)9-3-11(7-19-23-17)21-13(5-9)14-6-10(16(26)28-2)4-12(22-14)8-20-24-18/h3-6H,7-8H2,1-2H3. The van der Waals surface area contributed by atoms with Crippen molar-refractivity contribution in [2.45, 2.75) is 13.1 Å². The summed E-state index contributed by atoms with van der Waals surface area (Å²) in [6.45, 7) is -0.201. The van der Waals surface area contributed by atoms with Crippen molar-refractivity contribution in [3.8, 4) is 11.4 Å². The van der Waals surface area contributed by atoms with Crippen molar-refractivity contribution >= 4 is 11.9 Å². The number of carbonyl (C=O) groups is 2. The van der Waals surface area contributed by atoms with E-state index in [2.05, 4.69) is 30.0 Å². The number of hydrogen-bond donors (Lipinski definition) is 0. The number of azide groups is 2. The van der Waals surface area contributed by atoms with E-state index >= 15 is 0 Å². The number of nitrogens with zero attached hydrogens (tertiary/aromatic N) is 8. The Kier molecular flexibility index (Phi) is 6.87. The van der Waals surface area contributed by atoms with E-state index in [1.54, 1.807) is 0 Å². The van der Waals surface area contributed by atoms with Crippen molar-refractivity contribution in [1.82, 2.24) is 9.97 Å². The molecule has 142 valence electrons. The van der Waals surface area contributed by atoms with Crippen LogP contribution in [0.2, 0.25) is 0 Å². The van der Waals surface area contributed by atoms with Crippen molar-refractivity contribution in [1.29, 1.82) is 0 Å². The first-order valence-electron chi connectivity index (χ1n) is 7.73. The lowest BCUT2D eigenvalue weighted by Crippen LogP contribution is -2.07. The van der Waals surface area contributed by atoms with E-state index in [9.17, 15) is 9.59 Å². The summed E-state index contributed by atoms with van der Waals surface area (Å²) < 4.78 is 9.45. The van der Waals surface area contributed by atoms with Crippen LogP contribution in [0.4, 0.5) is 0 Å². The lowest BCUT2D eigenvalue weighted by molar-refractivity contribution is 0.0591. The second-order valence-electron chi connectivity index (χ2n) is 5.23. The molecule has 0 saturated carbocycles. The molecular formula is C16H14N8O4. The van der Waals surface area contributed by atoms with E-state index in [1.807, 2.05) is 0 Å². The fourth-order valence-corrected chi connectivity index (χ4v) is 2.28. The smallest absolute Gasteiger partial charge is 0.337 e. The lowest BCUT2D eigenvalue weighted by Gasteiger charge is -2.09. The predicted octanol–water partition coefficient (Wildman–Crippen LogP) is 3.34. The van der Waals surface area contributed by atoms with Crippen molar-refractivity contribution in [2.75, 3.05) is 14.2 Å². The molecule has 12 nitrogen and oxygen atoms in total. The molecule has 0 aliphatic carbocycles. The maximum atomic E-state index is 11.9. The molecule has 0 aliphatic rings. The van der Waals surface area contributed by atoms with Gasteiger partial charge in [0.05, 0.1) is 49.8 Å². The Morgan fingerprint density at radius 1 is 0.857 bits per heavy atom. The van der Waals surface area contributed by atoms with Crippen molar-refractivity contribution < 1.29 is 19.1 Å². The Hall–Kier alpha value is -4.14. The molecule has 0 amide bonds. The summed E-state index contributed by atoms with van der Waals surface area (Å²) in [6.07, 6.45) is 0. The van der Waals surface area contributed by atoms with E-state index in [0.29, 0.717) is 11.4 Å². The Bertz CT molecular complexity index is 928. The molecule has 2 aromatic rings. The van der Waals surface area contributed by atoms with E-state index < -0.39 is 11.9 Å². The molecule has 0 bridgehead atoms. The van der Waals surface area contributed by atoms with Gasteiger partial charge in [-0.2, -0.15) is 0 Å². The number of carbonyl (C=O) groups excluding carboxylic acids is 2. The van der Waals surface area contributed by atoms with Crippen molar-refractivity contribution in [3.05, 3.63) is 67.7 Å². The molecule has 0 fully saturated rings. The average Bonchev–Trinajstić information content (AvgIpc) is 2.74. The highest BCUT2D eigenvalue weighted by molar-refractivity contribution is 5.92. The Balaban J connectivity index is 2.65. The summed E-state index contributed by atoms with van der Waals surface area (Å²) in [7, 11) is 2.45. The SMILES string of the molecule is COC(=O)c1cc(CN=[N+]=[N-])nc(-c2cc(C(=O)OC)cc(CN=[N+]=[N-])n2)c1. The summed E-state index contributed by atoms with van der Waals surface area (Å²) in [5, 5.41) is 6.87. The van der Waals surface area contributed by atoms with Crippen molar-refractivity contribution in [3.63, 3.8) is 0 Å². The van der Waals surface area contributed by atoms with Crippen LogP contribution in [0.25, 0.3) is 32.3 Å². The first-order chi connectivity index (χ1) is 13.5. The number of pyridine rings is 2. The van der Waals surface area contributed by atoms with E-state index in [1.165, 1.54) is 38.5 Å². The molecule has 2 rings (SSSR count). The maximum absolute atomic E-state index is 11.9. The van der Waals surface area contributed by atoms with E-state index in [0.717, 1.165) is 0 Å². The second kappa shape index (κ2) is 9.53. The molecule has 0 spiro atoms. The summed E-state index contributed by atoms with van der Waals surface area (Å²) in [6, 6.07) is 5.70. The monoisotopic (exact) mass is 382 g/mol. The molecule has 12 heteroatoms. The third-order valence-corrected chi connectivity index (χ3v) is 3.45. The van der Waals surface area contributed by atoms with Gasteiger partial charge in [-0.05, 0) is 35.3 Å². The molecule has 0 radical (unpaired) electrons. The highest BCUT2D eigenvalue weighted by Gasteiger charge is 2.15. The first kappa shape index (κ1) is 20.2. The quantitative estimate of drug-likeness (QED) is 0.307. The van der Waals surface area contributed by atoms with Crippen molar-refractivity contribution in [2.24, 2.45) is 10.2 Å². The molecule has 0 aliphatic heterocycles. The van der Waals surface area contributed by atoms with Crippen LogP contribution in [0.3, 0.4) is 0 Å². The number of ether oxygens (including phenoxy) is 2. The number of rotatable bonds is 7. The summed E-state index contributed by atoms with van der Waals surface area (Å²) >= 11 is 0. The molecule has 2 heterocycles. The Morgan fingerprint density at radius 2 is 1.25 bits per heavy atom. The van der Waals surface area contributed by atoms with Gasteiger partial charge in [-0.3, -0.25) is 9.97 Å². The van der Waals surface area contributed by atoms with Crippen LogP contribution >= 0.6 is 0 Å². The number of hydrogen-bond acceptors (Lipinski definition) is 8. The molecule has 28 heavy (non-hydrogen) atoms. The van der Waals surface area contributed by atoms with Gasteiger partial charge in [0.15, 0.2) is 0 Å². The van der Waals surface area contributed by atoms with Gasteiger partial charge in [0.25, 0.3) is 0 Å². The molecule has 0 atom stereocenters. The molecule has 0 N–H and O–H groups in total. The second-order valence-corrected chi connectivity index (χ2v) is 5.23. The molecule has 2 aromatic heterocycles. The number of esters is 2. The van der Waals surface area contributed by atoms with Gasteiger partial charge in [0.1, 0.15) is 0 Å². The van der Waals surface area contributed by atoms with Gasteiger partial charge >= 0.3 is 11.9 Å². The van der Waals surface area contributed by atoms with Gasteiger partial charge in [0, 0.05) is 21.2 Å². The number of methoxy groups -OCH3 is 2. The predicted molar refractivity (Wildman–Crippen MR) is 95.8 cm³/mol. The van der Waals surface area contributed by atoms with Crippen LogP contribution in [0, 0.1) is 0 Å². The summed E-state index contributed by atoms with van der Waals surface area (Å²) in [4.78, 5) is 37.9. The van der Waals surface area contributed by atoms with E-state index in [4.69, 9.17) is 20.5 Å². The topological polar surface area (TPSA) is 176 Å². The first-order valence-corrected chi connectivity index (χ1v) is 7.73. The molecular weight excluding hydrogens is 368 g/mol. The van der Waals surface area contributed by atoms with Gasteiger partial charge in [0.2, 0.25) is 0 Å². The minimum absolute atomic E-state index is 0.101.